The van der Waals surface area contributed by atoms with Crippen molar-refractivity contribution in [3.05, 3.63) is 26.3 Å². The van der Waals surface area contributed by atoms with Crippen molar-refractivity contribution in [3.8, 4) is 0 Å². The van der Waals surface area contributed by atoms with Gasteiger partial charge in [0.15, 0.2) is 5.15 Å². The third-order valence-corrected chi connectivity index (χ3v) is 1.63. The Balaban J connectivity index is 3.46. The highest BCUT2D eigenvalue weighted by Gasteiger charge is 1.99. The van der Waals surface area contributed by atoms with Crippen molar-refractivity contribution in [3.63, 3.8) is 0 Å². The Labute approximate surface area is 70.8 Å². The standard InChI is InChI=1S/C5H4BrClN2O/c1-9-2-3(6)8-4(7)5(9)10/h2H,1H3. The third-order valence-electron chi connectivity index (χ3n) is 1.00. The topological polar surface area (TPSA) is 34.9 Å². The molecule has 0 aliphatic heterocycles. The summed E-state index contributed by atoms with van der Waals surface area (Å²) in [6, 6.07) is 0. The fourth-order valence-electron chi connectivity index (χ4n) is 0.534. The van der Waals surface area contributed by atoms with Crippen molar-refractivity contribution in [1.82, 2.24) is 9.55 Å². The number of aromatic nitrogens is 2. The van der Waals surface area contributed by atoms with E-state index in [1.54, 1.807) is 13.2 Å². The minimum atomic E-state index is -0.287. The first-order valence-electron chi connectivity index (χ1n) is 2.50. The second kappa shape index (κ2) is 2.72. The Morgan fingerprint density at radius 1 is 1.80 bits per heavy atom. The first-order chi connectivity index (χ1) is 4.61. The SMILES string of the molecule is Cn1cc(Br)nc(Cl)c1=O. The van der Waals surface area contributed by atoms with Crippen LogP contribution in [0, 0.1) is 0 Å². The number of nitrogens with zero attached hydrogens (tertiary/aromatic N) is 2. The van der Waals surface area contributed by atoms with Crippen LogP contribution < -0.4 is 5.56 Å². The highest BCUT2D eigenvalue weighted by molar-refractivity contribution is 9.10. The molecule has 1 aromatic rings. The zero-order valence-corrected chi connectivity index (χ0v) is 7.48. The molecule has 0 saturated heterocycles. The van der Waals surface area contributed by atoms with Crippen LogP contribution in [-0.2, 0) is 7.05 Å². The van der Waals surface area contributed by atoms with E-state index in [2.05, 4.69) is 20.9 Å². The molecule has 0 unspecified atom stereocenters. The summed E-state index contributed by atoms with van der Waals surface area (Å²) >= 11 is 8.54. The van der Waals surface area contributed by atoms with Gasteiger partial charge in [-0.05, 0) is 15.9 Å². The lowest BCUT2D eigenvalue weighted by atomic mass is 10.7. The van der Waals surface area contributed by atoms with Gasteiger partial charge in [-0.15, -0.1) is 0 Å². The average Bonchev–Trinajstić information content (AvgIpc) is 1.82. The maximum atomic E-state index is 10.9. The maximum Gasteiger partial charge on any atom is 0.288 e. The Morgan fingerprint density at radius 2 is 2.40 bits per heavy atom. The molecule has 5 heteroatoms. The molecule has 0 saturated carbocycles. The fourth-order valence-corrected chi connectivity index (χ4v) is 1.35. The average molecular weight is 223 g/mol. The van der Waals surface area contributed by atoms with E-state index < -0.39 is 0 Å². The van der Waals surface area contributed by atoms with Crippen molar-refractivity contribution in [2.75, 3.05) is 0 Å². The van der Waals surface area contributed by atoms with E-state index in [0.29, 0.717) is 4.60 Å². The van der Waals surface area contributed by atoms with Gasteiger partial charge >= 0.3 is 0 Å². The lowest BCUT2D eigenvalue weighted by Gasteiger charge is -1.96. The van der Waals surface area contributed by atoms with E-state index in [1.165, 1.54) is 4.57 Å². The summed E-state index contributed by atoms with van der Waals surface area (Å²) in [5.74, 6) is 0. The van der Waals surface area contributed by atoms with Crippen molar-refractivity contribution in [2.24, 2.45) is 7.05 Å². The van der Waals surface area contributed by atoms with Gasteiger partial charge in [0.05, 0.1) is 0 Å². The van der Waals surface area contributed by atoms with Gasteiger partial charge in [0.2, 0.25) is 0 Å². The summed E-state index contributed by atoms with van der Waals surface area (Å²) in [5, 5.41) is -0.0168. The Bertz CT molecular complexity index is 283. The Kier molecular flexibility index (Phi) is 2.11. The van der Waals surface area contributed by atoms with Gasteiger partial charge in [0.25, 0.3) is 5.56 Å². The van der Waals surface area contributed by atoms with Crippen LogP contribution in [0.3, 0.4) is 0 Å². The summed E-state index contributed by atoms with van der Waals surface area (Å²) < 4.78 is 1.92. The molecule has 0 aromatic carbocycles. The molecule has 1 rings (SSSR count). The third kappa shape index (κ3) is 1.38. The monoisotopic (exact) mass is 222 g/mol. The number of hydrogen-bond acceptors (Lipinski definition) is 2. The molecule has 0 amide bonds. The van der Waals surface area contributed by atoms with Crippen LogP contribution in [0.2, 0.25) is 5.15 Å². The molecule has 54 valence electrons. The van der Waals surface area contributed by atoms with Crippen molar-refractivity contribution in [2.45, 2.75) is 0 Å². The maximum absolute atomic E-state index is 10.9. The molecule has 0 fully saturated rings. The minimum Gasteiger partial charge on any atom is -0.313 e. The largest absolute Gasteiger partial charge is 0.313 e. The Morgan fingerprint density at radius 3 is 2.90 bits per heavy atom. The van der Waals surface area contributed by atoms with Gasteiger partial charge in [-0.1, -0.05) is 11.6 Å². The van der Waals surface area contributed by atoms with Crippen LogP contribution in [-0.4, -0.2) is 9.55 Å². The molecule has 0 aliphatic rings. The van der Waals surface area contributed by atoms with E-state index >= 15 is 0 Å². The molecule has 1 aromatic heterocycles. The van der Waals surface area contributed by atoms with Crippen LogP contribution in [0.4, 0.5) is 0 Å². The second-order valence-corrected chi connectivity index (χ2v) is 2.94. The number of rotatable bonds is 0. The lowest BCUT2D eigenvalue weighted by molar-refractivity contribution is 0.833. The van der Waals surface area contributed by atoms with Gasteiger partial charge in [0.1, 0.15) is 4.60 Å². The van der Waals surface area contributed by atoms with Crippen LogP contribution in [0.5, 0.6) is 0 Å². The first kappa shape index (κ1) is 7.75. The second-order valence-electron chi connectivity index (χ2n) is 1.77. The molecule has 0 atom stereocenters. The highest BCUT2D eigenvalue weighted by Crippen LogP contribution is 2.04. The van der Waals surface area contributed by atoms with Crippen LogP contribution >= 0.6 is 27.5 Å². The Hall–Kier alpha value is -0.350. The van der Waals surface area contributed by atoms with Crippen LogP contribution in [0.1, 0.15) is 0 Å². The van der Waals surface area contributed by atoms with Gasteiger partial charge in [0, 0.05) is 13.2 Å². The fraction of sp³-hybridized carbons (Fsp3) is 0.200. The molecule has 0 spiro atoms. The predicted octanol–water partition coefficient (Wildman–Crippen LogP) is 1.20. The van der Waals surface area contributed by atoms with E-state index in [9.17, 15) is 4.79 Å². The smallest absolute Gasteiger partial charge is 0.288 e. The minimum absolute atomic E-state index is 0.0168. The van der Waals surface area contributed by atoms with E-state index in [1.807, 2.05) is 0 Å². The normalized spacial score (nSPS) is 9.90. The molecule has 0 bridgehead atoms. The van der Waals surface area contributed by atoms with E-state index in [-0.39, 0.29) is 10.7 Å². The van der Waals surface area contributed by atoms with Crippen molar-refractivity contribution in [1.29, 1.82) is 0 Å². The van der Waals surface area contributed by atoms with Gasteiger partial charge in [-0.2, -0.15) is 0 Å². The molecule has 10 heavy (non-hydrogen) atoms. The lowest BCUT2D eigenvalue weighted by Crippen LogP contribution is -2.17. The zero-order valence-electron chi connectivity index (χ0n) is 5.14. The number of halogens is 2. The van der Waals surface area contributed by atoms with Gasteiger partial charge in [-0.3, -0.25) is 4.79 Å². The zero-order chi connectivity index (χ0) is 7.72. The summed E-state index contributed by atoms with van der Waals surface area (Å²) in [4.78, 5) is 14.6. The first-order valence-corrected chi connectivity index (χ1v) is 3.67. The molecular formula is C5H4BrClN2O. The summed E-state index contributed by atoms with van der Waals surface area (Å²) in [6.07, 6.45) is 1.55. The molecule has 0 N–H and O–H groups in total. The highest BCUT2D eigenvalue weighted by atomic mass is 79.9. The summed E-state index contributed by atoms with van der Waals surface area (Å²) in [5.41, 5.74) is -0.287. The van der Waals surface area contributed by atoms with Crippen LogP contribution in [0.25, 0.3) is 0 Å². The quantitative estimate of drug-likeness (QED) is 0.662. The number of hydrogen-bond donors (Lipinski definition) is 0. The van der Waals surface area contributed by atoms with E-state index in [0.717, 1.165) is 0 Å². The van der Waals surface area contributed by atoms with Gasteiger partial charge in [-0.25, -0.2) is 4.98 Å². The molecule has 0 radical (unpaired) electrons. The molecular weight excluding hydrogens is 219 g/mol. The van der Waals surface area contributed by atoms with Crippen LogP contribution in [0.15, 0.2) is 15.6 Å². The predicted molar refractivity (Wildman–Crippen MR) is 42.2 cm³/mol. The van der Waals surface area contributed by atoms with Crippen molar-refractivity contribution >= 4 is 27.5 Å². The molecule has 0 aliphatic carbocycles. The summed E-state index contributed by atoms with van der Waals surface area (Å²) in [6.45, 7) is 0. The molecule has 3 nitrogen and oxygen atoms in total. The van der Waals surface area contributed by atoms with Gasteiger partial charge < -0.3 is 4.57 Å². The summed E-state index contributed by atoms with van der Waals surface area (Å²) in [7, 11) is 1.61. The number of aryl methyl sites for hydroxylation is 1. The van der Waals surface area contributed by atoms with Crippen molar-refractivity contribution < 1.29 is 0 Å². The van der Waals surface area contributed by atoms with E-state index in [4.69, 9.17) is 11.6 Å². The molecule has 1 heterocycles.